The molecule has 3 rings (SSSR count). The van der Waals surface area contributed by atoms with Gasteiger partial charge < -0.3 is 16.4 Å². The van der Waals surface area contributed by atoms with Gasteiger partial charge in [0.2, 0.25) is 5.91 Å². The number of anilines is 2. The first-order valence-corrected chi connectivity index (χ1v) is 9.72. The largest absolute Gasteiger partial charge is 0.399 e. The number of nitrogens with one attached hydrogen (secondary N) is 2. The minimum atomic E-state index is -0.490. The topological polar surface area (TPSA) is 67.1 Å². The number of nitrogen functional groups attached to an aromatic ring is 1. The molecule has 0 aromatic heterocycles. The Bertz CT molecular complexity index is 789. The van der Waals surface area contributed by atoms with Gasteiger partial charge in [0.15, 0.2) is 0 Å². The van der Waals surface area contributed by atoms with Crippen LogP contribution < -0.4 is 16.4 Å². The van der Waals surface area contributed by atoms with Crippen LogP contribution in [0.3, 0.4) is 0 Å². The van der Waals surface area contributed by atoms with Crippen molar-refractivity contribution in [2.75, 3.05) is 17.6 Å². The Morgan fingerprint density at radius 3 is 2.52 bits per heavy atom. The molecule has 2 aromatic carbocycles. The quantitative estimate of drug-likeness (QED) is 0.619. The van der Waals surface area contributed by atoms with Crippen LogP contribution in [0.4, 0.5) is 15.8 Å². The lowest BCUT2D eigenvalue weighted by atomic mass is 9.76. The summed E-state index contributed by atoms with van der Waals surface area (Å²) in [6, 6.07) is 12.1. The molecule has 144 valence electrons. The van der Waals surface area contributed by atoms with Gasteiger partial charge in [0.1, 0.15) is 5.82 Å². The van der Waals surface area contributed by atoms with Gasteiger partial charge in [-0.05, 0) is 48.7 Å². The zero-order valence-corrected chi connectivity index (χ0v) is 16.0. The van der Waals surface area contributed by atoms with E-state index >= 15 is 0 Å². The maximum absolute atomic E-state index is 13.8. The molecule has 0 atom stereocenters. The molecule has 0 aliphatic heterocycles. The van der Waals surface area contributed by atoms with Crippen LogP contribution in [0.5, 0.6) is 0 Å². The van der Waals surface area contributed by atoms with Crippen molar-refractivity contribution >= 4 is 28.9 Å². The van der Waals surface area contributed by atoms with Gasteiger partial charge >= 0.3 is 0 Å². The summed E-state index contributed by atoms with van der Waals surface area (Å²) in [5.41, 5.74) is 7.25. The summed E-state index contributed by atoms with van der Waals surface area (Å²) in [5, 5.41) is 6.90. The maximum atomic E-state index is 13.8. The zero-order chi connectivity index (χ0) is 19.3. The lowest BCUT2D eigenvalue weighted by molar-refractivity contribution is -0.116. The summed E-state index contributed by atoms with van der Waals surface area (Å²) in [4.78, 5) is 12.2. The van der Waals surface area contributed by atoms with Gasteiger partial charge in [0, 0.05) is 29.2 Å². The van der Waals surface area contributed by atoms with E-state index in [0.717, 1.165) is 25.7 Å². The molecule has 27 heavy (non-hydrogen) atoms. The number of rotatable bonds is 6. The van der Waals surface area contributed by atoms with Crippen LogP contribution in [-0.4, -0.2) is 12.5 Å². The van der Waals surface area contributed by atoms with Crippen LogP contribution in [0.15, 0.2) is 42.5 Å². The van der Waals surface area contributed by atoms with Crippen molar-refractivity contribution in [3.63, 3.8) is 0 Å². The Hall–Kier alpha value is -2.11. The van der Waals surface area contributed by atoms with Crippen LogP contribution in [-0.2, 0) is 10.3 Å². The highest BCUT2D eigenvalue weighted by Crippen LogP contribution is 2.37. The highest BCUT2D eigenvalue weighted by molar-refractivity contribution is 6.30. The highest BCUT2D eigenvalue weighted by Gasteiger charge is 2.33. The predicted molar refractivity (Wildman–Crippen MR) is 108 cm³/mol. The van der Waals surface area contributed by atoms with E-state index in [1.807, 2.05) is 12.1 Å². The fourth-order valence-electron chi connectivity index (χ4n) is 3.76. The van der Waals surface area contributed by atoms with Gasteiger partial charge in [-0.2, -0.15) is 0 Å². The van der Waals surface area contributed by atoms with Crippen LogP contribution >= 0.6 is 11.6 Å². The van der Waals surface area contributed by atoms with Crippen molar-refractivity contribution in [3.8, 4) is 0 Å². The third-order valence-corrected chi connectivity index (χ3v) is 5.44. The second-order valence-electron chi connectivity index (χ2n) is 7.11. The van der Waals surface area contributed by atoms with Gasteiger partial charge in [-0.1, -0.05) is 43.0 Å². The van der Waals surface area contributed by atoms with E-state index in [-0.39, 0.29) is 23.6 Å². The first kappa shape index (κ1) is 19.6. The molecule has 1 fully saturated rings. The molecule has 4 nitrogen and oxygen atoms in total. The van der Waals surface area contributed by atoms with E-state index in [4.69, 9.17) is 17.3 Å². The third kappa shape index (κ3) is 4.99. The molecular formula is C21H25ClFN3O. The SMILES string of the molecule is Nc1ccc(F)c(NC(=O)CCNC2(c3ccc(Cl)cc3)CCCCC2)c1. The lowest BCUT2D eigenvalue weighted by Crippen LogP contribution is -2.45. The van der Waals surface area contributed by atoms with Crippen molar-refractivity contribution < 1.29 is 9.18 Å². The summed E-state index contributed by atoms with van der Waals surface area (Å²) in [6.45, 7) is 0.512. The van der Waals surface area contributed by atoms with E-state index < -0.39 is 5.82 Å². The number of carbonyl (C=O) groups excluding carboxylic acids is 1. The van der Waals surface area contributed by atoms with Crippen LogP contribution in [0.25, 0.3) is 0 Å². The standard InChI is InChI=1S/C21H25ClFN3O/c22-16-6-4-15(5-7-16)21(11-2-1-3-12-21)25-13-10-20(27)26-19-14-17(24)8-9-18(19)23/h4-9,14,25H,1-3,10-13,24H2,(H,26,27). The molecule has 0 radical (unpaired) electrons. The zero-order valence-electron chi connectivity index (χ0n) is 15.2. The van der Waals surface area contributed by atoms with Crippen LogP contribution in [0.1, 0.15) is 44.1 Å². The van der Waals surface area contributed by atoms with E-state index in [9.17, 15) is 9.18 Å². The fraction of sp³-hybridized carbons (Fsp3) is 0.381. The smallest absolute Gasteiger partial charge is 0.225 e. The molecule has 2 aromatic rings. The number of halogens is 2. The molecule has 0 saturated heterocycles. The molecule has 0 unspecified atom stereocenters. The Labute approximate surface area is 164 Å². The number of hydrogen-bond acceptors (Lipinski definition) is 3. The Morgan fingerprint density at radius 2 is 1.81 bits per heavy atom. The second kappa shape index (κ2) is 8.72. The summed E-state index contributed by atoms with van der Waals surface area (Å²) >= 11 is 6.03. The van der Waals surface area contributed by atoms with E-state index in [1.165, 1.54) is 30.2 Å². The van der Waals surface area contributed by atoms with Crippen molar-refractivity contribution in [1.82, 2.24) is 5.32 Å². The molecule has 0 bridgehead atoms. The van der Waals surface area contributed by atoms with E-state index in [2.05, 4.69) is 22.8 Å². The van der Waals surface area contributed by atoms with E-state index in [1.54, 1.807) is 0 Å². The first-order valence-electron chi connectivity index (χ1n) is 9.34. The van der Waals surface area contributed by atoms with Gasteiger partial charge in [0.25, 0.3) is 0 Å². The van der Waals surface area contributed by atoms with Gasteiger partial charge in [-0.3, -0.25) is 4.79 Å². The number of amides is 1. The second-order valence-corrected chi connectivity index (χ2v) is 7.55. The van der Waals surface area contributed by atoms with E-state index in [0.29, 0.717) is 17.3 Å². The van der Waals surface area contributed by atoms with Gasteiger partial charge in [-0.15, -0.1) is 0 Å². The summed E-state index contributed by atoms with van der Waals surface area (Å²) in [6.07, 6.45) is 5.84. The number of hydrogen-bond donors (Lipinski definition) is 3. The molecule has 1 amide bonds. The lowest BCUT2D eigenvalue weighted by Gasteiger charge is -2.39. The monoisotopic (exact) mass is 389 g/mol. The molecule has 1 saturated carbocycles. The molecule has 6 heteroatoms. The fourth-order valence-corrected chi connectivity index (χ4v) is 3.88. The molecule has 4 N–H and O–H groups in total. The Morgan fingerprint density at radius 1 is 1.11 bits per heavy atom. The van der Waals surface area contributed by atoms with Gasteiger partial charge in [0.05, 0.1) is 5.69 Å². The van der Waals surface area contributed by atoms with Crippen molar-refractivity contribution in [2.45, 2.75) is 44.1 Å². The normalized spacial score (nSPS) is 16.1. The number of nitrogens with two attached hydrogens (primary N) is 1. The molecule has 0 heterocycles. The summed E-state index contributed by atoms with van der Waals surface area (Å²) in [7, 11) is 0. The van der Waals surface area contributed by atoms with Gasteiger partial charge in [-0.25, -0.2) is 4.39 Å². The van der Waals surface area contributed by atoms with Crippen molar-refractivity contribution in [3.05, 3.63) is 58.9 Å². The Kier molecular flexibility index (Phi) is 6.34. The van der Waals surface area contributed by atoms with Crippen molar-refractivity contribution in [2.24, 2.45) is 0 Å². The number of carbonyl (C=O) groups is 1. The average Bonchev–Trinajstić information content (AvgIpc) is 2.66. The van der Waals surface area contributed by atoms with Crippen LogP contribution in [0, 0.1) is 5.82 Å². The molecule has 1 aliphatic rings. The third-order valence-electron chi connectivity index (χ3n) is 5.18. The summed E-state index contributed by atoms with van der Waals surface area (Å²) < 4.78 is 13.8. The van der Waals surface area contributed by atoms with Crippen LogP contribution in [0.2, 0.25) is 5.02 Å². The van der Waals surface area contributed by atoms with Crippen molar-refractivity contribution in [1.29, 1.82) is 0 Å². The molecule has 0 spiro atoms. The molecule has 1 aliphatic carbocycles. The minimum absolute atomic E-state index is 0.116. The first-order chi connectivity index (χ1) is 13.0. The highest BCUT2D eigenvalue weighted by atomic mass is 35.5. The number of benzene rings is 2. The molecular weight excluding hydrogens is 365 g/mol. The Balaban J connectivity index is 1.61. The average molecular weight is 390 g/mol. The predicted octanol–water partition coefficient (Wildman–Crippen LogP) is 4.84. The summed E-state index contributed by atoms with van der Waals surface area (Å²) in [5.74, 6) is -0.732. The maximum Gasteiger partial charge on any atom is 0.225 e. The minimum Gasteiger partial charge on any atom is -0.399 e.